The molecule has 2 aliphatic heterocycles. The zero-order valence-corrected chi connectivity index (χ0v) is 13.6. The molecule has 0 bridgehead atoms. The van der Waals surface area contributed by atoms with E-state index in [2.05, 4.69) is 5.32 Å². The molecule has 0 aromatic carbocycles. The molecule has 0 spiro atoms. The second kappa shape index (κ2) is 6.86. The van der Waals surface area contributed by atoms with Gasteiger partial charge in [0.2, 0.25) is 12.0 Å². The number of likely N-dealkylation sites (tertiary alicyclic amines) is 1. The van der Waals surface area contributed by atoms with Gasteiger partial charge in [-0.2, -0.15) is 0 Å². The second-order valence-corrected chi connectivity index (χ2v) is 6.82. The molecular weight excluding hydrogens is 298 g/mol. The van der Waals surface area contributed by atoms with Crippen molar-refractivity contribution in [2.24, 2.45) is 11.8 Å². The Hall–Kier alpha value is -1.63. The van der Waals surface area contributed by atoms with E-state index in [4.69, 9.17) is 4.74 Å². The van der Waals surface area contributed by atoms with Gasteiger partial charge in [-0.1, -0.05) is 0 Å². The second-order valence-electron chi connectivity index (χ2n) is 6.82. The lowest BCUT2D eigenvalue weighted by Gasteiger charge is -2.36. The zero-order valence-electron chi connectivity index (χ0n) is 13.6. The molecule has 2 saturated heterocycles. The molecule has 2 unspecified atom stereocenters. The van der Waals surface area contributed by atoms with E-state index < -0.39 is 6.10 Å². The predicted octanol–water partition coefficient (Wildman–Crippen LogP) is -0.392. The highest BCUT2D eigenvalue weighted by Crippen LogP contribution is 2.28. The molecule has 3 rings (SSSR count). The number of amides is 3. The Labute approximate surface area is 136 Å². The van der Waals surface area contributed by atoms with E-state index in [1.165, 1.54) is 17.7 Å². The molecule has 7 nitrogen and oxygen atoms in total. The Morgan fingerprint density at radius 1 is 1.26 bits per heavy atom. The third-order valence-electron chi connectivity index (χ3n) is 4.90. The molecule has 128 valence electrons. The first-order valence-corrected chi connectivity index (χ1v) is 8.49. The smallest absolute Gasteiger partial charge is 0.261 e. The monoisotopic (exact) mass is 323 g/mol. The predicted molar refractivity (Wildman–Crippen MR) is 82.4 cm³/mol. The lowest BCUT2D eigenvalue weighted by Crippen LogP contribution is -2.56. The van der Waals surface area contributed by atoms with Gasteiger partial charge in [0, 0.05) is 33.2 Å². The van der Waals surface area contributed by atoms with Crippen molar-refractivity contribution < 1.29 is 19.1 Å². The summed E-state index contributed by atoms with van der Waals surface area (Å²) in [4.78, 5) is 40.0. The molecule has 3 fully saturated rings. The van der Waals surface area contributed by atoms with Gasteiger partial charge < -0.3 is 19.9 Å². The van der Waals surface area contributed by atoms with Gasteiger partial charge in [-0.15, -0.1) is 0 Å². The maximum absolute atomic E-state index is 12.6. The maximum atomic E-state index is 12.6. The Morgan fingerprint density at radius 2 is 2.04 bits per heavy atom. The number of rotatable bonds is 4. The summed E-state index contributed by atoms with van der Waals surface area (Å²) >= 11 is 0. The van der Waals surface area contributed by atoms with Crippen molar-refractivity contribution in [1.29, 1.82) is 0 Å². The summed E-state index contributed by atoms with van der Waals surface area (Å²) in [6, 6.07) is 0. The van der Waals surface area contributed by atoms with Crippen molar-refractivity contribution in [2.75, 3.05) is 39.8 Å². The van der Waals surface area contributed by atoms with Gasteiger partial charge in [0.05, 0.1) is 12.5 Å². The topological polar surface area (TPSA) is 79.0 Å². The molecule has 3 aliphatic rings. The van der Waals surface area contributed by atoms with Gasteiger partial charge in [0.1, 0.15) is 0 Å². The molecule has 2 heterocycles. The summed E-state index contributed by atoms with van der Waals surface area (Å²) in [5.74, 6) is -0.0999. The normalized spacial score (nSPS) is 28.7. The van der Waals surface area contributed by atoms with Crippen LogP contribution in [0.5, 0.6) is 0 Å². The first kappa shape index (κ1) is 16.2. The molecule has 2 atom stereocenters. The highest BCUT2D eigenvalue weighted by molar-refractivity contribution is 6.03. The van der Waals surface area contributed by atoms with Crippen LogP contribution in [0.15, 0.2) is 0 Å². The molecule has 1 aliphatic carbocycles. The Balaban J connectivity index is 1.55. The average molecular weight is 323 g/mol. The number of piperidine rings is 1. The lowest BCUT2D eigenvalue weighted by molar-refractivity contribution is -0.165. The summed E-state index contributed by atoms with van der Waals surface area (Å²) in [6.45, 7) is 2.60. The van der Waals surface area contributed by atoms with Crippen LogP contribution in [0.3, 0.4) is 0 Å². The van der Waals surface area contributed by atoms with Crippen LogP contribution in [0.4, 0.5) is 0 Å². The number of hydrogen-bond donors (Lipinski definition) is 1. The molecule has 0 radical (unpaired) electrons. The molecule has 3 amide bonds. The van der Waals surface area contributed by atoms with Crippen molar-refractivity contribution in [1.82, 2.24) is 15.1 Å². The number of ether oxygens (including phenoxy) is 1. The van der Waals surface area contributed by atoms with Crippen molar-refractivity contribution in [3.63, 3.8) is 0 Å². The molecule has 1 saturated carbocycles. The SMILES string of the molecule is CN1CCOC(C(=O)N2CCCC(C(=O)NCC3CC3)C2)C1=O. The van der Waals surface area contributed by atoms with Crippen LogP contribution in [0, 0.1) is 11.8 Å². The number of nitrogens with zero attached hydrogens (tertiary/aromatic N) is 2. The molecule has 23 heavy (non-hydrogen) atoms. The quantitative estimate of drug-likeness (QED) is 0.715. The van der Waals surface area contributed by atoms with Gasteiger partial charge in [0.15, 0.2) is 0 Å². The number of morpholine rings is 1. The van der Waals surface area contributed by atoms with E-state index >= 15 is 0 Å². The Morgan fingerprint density at radius 3 is 2.78 bits per heavy atom. The van der Waals surface area contributed by atoms with Gasteiger partial charge >= 0.3 is 0 Å². The summed E-state index contributed by atoms with van der Waals surface area (Å²) in [7, 11) is 1.68. The van der Waals surface area contributed by atoms with Crippen LogP contribution < -0.4 is 5.32 Å². The minimum Gasteiger partial charge on any atom is -0.357 e. The lowest BCUT2D eigenvalue weighted by atomic mass is 9.96. The van der Waals surface area contributed by atoms with Crippen molar-refractivity contribution in [3.8, 4) is 0 Å². The van der Waals surface area contributed by atoms with Crippen LogP contribution in [0.2, 0.25) is 0 Å². The van der Waals surface area contributed by atoms with Gasteiger partial charge in [0.25, 0.3) is 11.8 Å². The highest BCUT2D eigenvalue weighted by Gasteiger charge is 2.39. The fraction of sp³-hybridized carbons (Fsp3) is 0.812. The minimum absolute atomic E-state index is 0.0300. The Bertz CT molecular complexity index is 492. The molecule has 0 aromatic rings. The van der Waals surface area contributed by atoms with E-state index in [1.54, 1.807) is 11.9 Å². The molecule has 0 aromatic heterocycles. The number of nitrogens with one attached hydrogen (secondary N) is 1. The zero-order chi connectivity index (χ0) is 16.4. The van der Waals surface area contributed by atoms with Crippen LogP contribution >= 0.6 is 0 Å². The van der Waals surface area contributed by atoms with E-state index in [9.17, 15) is 14.4 Å². The van der Waals surface area contributed by atoms with E-state index in [0.717, 1.165) is 19.4 Å². The summed E-state index contributed by atoms with van der Waals surface area (Å²) in [5, 5.41) is 2.99. The van der Waals surface area contributed by atoms with E-state index in [-0.39, 0.29) is 23.6 Å². The van der Waals surface area contributed by atoms with Crippen molar-refractivity contribution in [3.05, 3.63) is 0 Å². The van der Waals surface area contributed by atoms with Crippen LogP contribution in [-0.4, -0.2) is 73.5 Å². The van der Waals surface area contributed by atoms with Gasteiger partial charge in [-0.3, -0.25) is 14.4 Å². The van der Waals surface area contributed by atoms with Gasteiger partial charge in [-0.05, 0) is 31.6 Å². The largest absolute Gasteiger partial charge is 0.357 e. The number of carbonyl (C=O) groups excluding carboxylic acids is 3. The number of carbonyl (C=O) groups is 3. The fourth-order valence-corrected chi connectivity index (χ4v) is 3.13. The van der Waals surface area contributed by atoms with E-state index in [1.807, 2.05) is 0 Å². The average Bonchev–Trinajstić information content (AvgIpc) is 3.39. The first-order chi connectivity index (χ1) is 11.1. The minimum atomic E-state index is -1.04. The van der Waals surface area contributed by atoms with Crippen molar-refractivity contribution >= 4 is 17.7 Å². The molecule has 7 heteroatoms. The number of likely N-dealkylation sites (N-methyl/N-ethyl adjacent to an activating group) is 1. The number of hydrogen-bond acceptors (Lipinski definition) is 4. The fourth-order valence-electron chi connectivity index (χ4n) is 3.13. The molecular formula is C16H25N3O4. The summed E-state index contributed by atoms with van der Waals surface area (Å²) in [5.41, 5.74) is 0. The standard InChI is InChI=1S/C16H25N3O4/c1-18-7-8-23-13(15(18)21)16(22)19-6-2-3-12(10-19)14(20)17-9-11-4-5-11/h11-13H,2-10H2,1H3,(H,17,20). The van der Waals surface area contributed by atoms with Crippen LogP contribution in [0.25, 0.3) is 0 Å². The van der Waals surface area contributed by atoms with Gasteiger partial charge in [-0.25, -0.2) is 0 Å². The van der Waals surface area contributed by atoms with Crippen LogP contribution in [0.1, 0.15) is 25.7 Å². The van der Waals surface area contributed by atoms with Crippen molar-refractivity contribution in [2.45, 2.75) is 31.8 Å². The highest BCUT2D eigenvalue weighted by atomic mass is 16.5. The summed E-state index contributed by atoms with van der Waals surface area (Å²) in [6.07, 6.45) is 2.93. The van der Waals surface area contributed by atoms with E-state index in [0.29, 0.717) is 32.2 Å². The summed E-state index contributed by atoms with van der Waals surface area (Å²) < 4.78 is 5.38. The Kier molecular flexibility index (Phi) is 4.84. The first-order valence-electron chi connectivity index (χ1n) is 8.49. The third-order valence-corrected chi connectivity index (χ3v) is 4.90. The maximum Gasteiger partial charge on any atom is 0.261 e. The molecule has 1 N–H and O–H groups in total. The third kappa shape index (κ3) is 3.83. The van der Waals surface area contributed by atoms with Crippen LogP contribution in [-0.2, 0) is 19.1 Å².